The summed E-state index contributed by atoms with van der Waals surface area (Å²) in [5.41, 5.74) is 3.48. The summed E-state index contributed by atoms with van der Waals surface area (Å²) in [6, 6.07) is 12.4. The highest BCUT2D eigenvalue weighted by Crippen LogP contribution is 2.28. The first kappa shape index (κ1) is 16.0. The van der Waals surface area contributed by atoms with Crippen LogP contribution in [0.4, 0.5) is 5.69 Å². The second-order valence-electron chi connectivity index (χ2n) is 4.60. The van der Waals surface area contributed by atoms with Crippen molar-refractivity contribution in [1.82, 2.24) is 4.98 Å². The maximum atomic E-state index is 8.90. The second kappa shape index (κ2) is 8.16. The van der Waals surface area contributed by atoms with E-state index in [0.29, 0.717) is 13.0 Å². The molecule has 0 radical (unpaired) electrons. The molecule has 0 unspecified atom stereocenters. The van der Waals surface area contributed by atoms with Gasteiger partial charge < -0.3 is 4.90 Å². The van der Waals surface area contributed by atoms with Crippen LogP contribution >= 0.6 is 31.9 Å². The predicted molar refractivity (Wildman–Crippen MR) is 92.3 cm³/mol. The van der Waals surface area contributed by atoms with Gasteiger partial charge in [-0.2, -0.15) is 5.26 Å². The van der Waals surface area contributed by atoms with Gasteiger partial charge in [-0.3, -0.25) is 4.98 Å². The van der Waals surface area contributed by atoms with Crippen molar-refractivity contribution in [3.8, 4) is 6.07 Å². The first-order valence-corrected chi connectivity index (χ1v) is 8.51. The minimum Gasteiger partial charge on any atom is -0.366 e. The van der Waals surface area contributed by atoms with Crippen LogP contribution in [-0.2, 0) is 11.9 Å². The monoisotopic (exact) mass is 407 g/mol. The topological polar surface area (TPSA) is 39.9 Å². The second-order valence-corrected chi connectivity index (χ2v) is 6.07. The largest absolute Gasteiger partial charge is 0.366 e. The third kappa shape index (κ3) is 4.55. The Bertz CT molecular complexity index is 623. The molecule has 0 aliphatic carbocycles. The van der Waals surface area contributed by atoms with E-state index in [1.807, 2.05) is 18.3 Å². The lowest BCUT2D eigenvalue weighted by Crippen LogP contribution is -2.24. The molecule has 5 heteroatoms. The molecule has 21 heavy (non-hydrogen) atoms. The lowest BCUT2D eigenvalue weighted by molar-refractivity contribution is 0.791. The first-order valence-electron chi connectivity index (χ1n) is 6.60. The van der Waals surface area contributed by atoms with Crippen molar-refractivity contribution in [3.63, 3.8) is 0 Å². The highest BCUT2D eigenvalue weighted by atomic mass is 79.9. The molecule has 0 amide bonds. The number of benzene rings is 1. The molecule has 3 nitrogen and oxygen atoms in total. The number of halogens is 2. The van der Waals surface area contributed by atoms with Crippen LogP contribution in [0.25, 0.3) is 0 Å². The minimum absolute atomic E-state index is 0.495. The van der Waals surface area contributed by atoms with Crippen molar-refractivity contribution in [2.45, 2.75) is 18.3 Å². The molecule has 2 rings (SSSR count). The minimum atomic E-state index is 0.495. The molecule has 1 aromatic carbocycles. The summed E-state index contributed by atoms with van der Waals surface area (Å²) in [7, 11) is 0. The van der Waals surface area contributed by atoms with Crippen LogP contribution < -0.4 is 4.90 Å². The zero-order valence-corrected chi connectivity index (χ0v) is 14.6. The van der Waals surface area contributed by atoms with Gasteiger partial charge >= 0.3 is 0 Å². The molecule has 2 aromatic rings. The molecule has 0 atom stereocenters. The SMILES string of the molecule is N#CCCN(Cc1cccnc1)c1cc(Br)ccc1CBr. The molecular weight excluding hydrogens is 394 g/mol. The zero-order chi connectivity index (χ0) is 15.1. The van der Waals surface area contributed by atoms with Crippen LogP contribution in [0, 0.1) is 11.3 Å². The molecule has 0 N–H and O–H groups in total. The third-order valence-electron chi connectivity index (χ3n) is 3.12. The summed E-state index contributed by atoms with van der Waals surface area (Å²) in [5, 5.41) is 9.69. The molecule has 0 spiro atoms. The lowest BCUT2D eigenvalue weighted by Gasteiger charge is -2.26. The molecule has 0 aliphatic heterocycles. The number of alkyl halides is 1. The highest BCUT2D eigenvalue weighted by Gasteiger charge is 2.12. The molecule has 0 fully saturated rings. The average molecular weight is 409 g/mol. The Morgan fingerprint density at radius 2 is 2.14 bits per heavy atom. The van der Waals surface area contributed by atoms with E-state index in [0.717, 1.165) is 27.6 Å². The van der Waals surface area contributed by atoms with Crippen LogP contribution in [0.1, 0.15) is 17.5 Å². The predicted octanol–water partition coefficient (Wildman–Crippen LogP) is 4.66. The van der Waals surface area contributed by atoms with Gasteiger partial charge in [0, 0.05) is 41.0 Å². The van der Waals surface area contributed by atoms with Gasteiger partial charge in [0.05, 0.1) is 12.5 Å². The Kier molecular flexibility index (Phi) is 6.21. The number of rotatable bonds is 6. The van der Waals surface area contributed by atoms with Crippen LogP contribution in [0.15, 0.2) is 47.2 Å². The normalized spacial score (nSPS) is 10.1. The number of hydrogen-bond acceptors (Lipinski definition) is 3. The van der Waals surface area contributed by atoms with E-state index in [-0.39, 0.29) is 0 Å². The molecule has 0 saturated heterocycles. The van der Waals surface area contributed by atoms with Crippen LogP contribution in [0.3, 0.4) is 0 Å². The van der Waals surface area contributed by atoms with Gasteiger partial charge in [-0.15, -0.1) is 0 Å². The van der Waals surface area contributed by atoms with Gasteiger partial charge in [0.2, 0.25) is 0 Å². The molecule has 1 aromatic heterocycles. The van der Waals surface area contributed by atoms with Crippen molar-refractivity contribution >= 4 is 37.5 Å². The summed E-state index contributed by atoms with van der Waals surface area (Å²) >= 11 is 7.06. The van der Waals surface area contributed by atoms with Crippen molar-refractivity contribution in [2.75, 3.05) is 11.4 Å². The van der Waals surface area contributed by atoms with Crippen molar-refractivity contribution in [2.24, 2.45) is 0 Å². The summed E-state index contributed by atoms with van der Waals surface area (Å²) in [5.74, 6) is 0. The number of hydrogen-bond donors (Lipinski definition) is 0. The van der Waals surface area contributed by atoms with E-state index in [2.05, 4.69) is 66.0 Å². The Hall–Kier alpha value is -1.38. The Morgan fingerprint density at radius 1 is 1.29 bits per heavy atom. The maximum absolute atomic E-state index is 8.90. The number of anilines is 1. The Labute approximate surface area is 141 Å². The molecule has 108 valence electrons. The van der Waals surface area contributed by atoms with Gasteiger partial charge in [-0.1, -0.05) is 44.0 Å². The fourth-order valence-electron chi connectivity index (χ4n) is 2.13. The van der Waals surface area contributed by atoms with Crippen molar-refractivity contribution in [3.05, 3.63) is 58.3 Å². The zero-order valence-electron chi connectivity index (χ0n) is 11.5. The maximum Gasteiger partial charge on any atom is 0.0640 e. The summed E-state index contributed by atoms with van der Waals surface area (Å²) < 4.78 is 1.04. The van der Waals surface area contributed by atoms with Crippen LogP contribution in [0.2, 0.25) is 0 Å². The molecule has 0 aliphatic rings. The fraction of sp³-hybridized carbons (Fsp3) is 0.250. The smallest absolute Gasteiger partial charge is 0.0640 e. The van der Waals surface area contributed by atoms with Gasteiger partial charge in [-0.25, -0.2) is 0 Å². The van der Waals surface area contributed by atoms with Crippen molar-refractivity contribution < 1.29 is 0 Å². The van der Waals surface area contributed by atoms with Gasteiger partial charge in [0.15, 0.2) is 0 Å². The number of nitrogens with zero attached hydrogens (tertiary/aromatic N) is 3. The van der Waals surface area contributed by atoms with Gasteiger partial charge in [0.1, 0.15) is 0 Å². The summed E-state index contributed by atoms with van der Waals surface area (Å²) in [6.07, 6.45) is 4.13. The van der Waals surface area contributed by atoms with E-state index in [1.165, 1.54) is 5.56 Å². The van der Waals surface area contributed by atoms with Gasteiger partial charge in [-0.05, 0) is 29.3 Å². The number of nitriles is 1. The van der Waals surface area contributed by atoms with E-state index >= 15 is 0 Å². The summed E-state index contributed by atoms with van der Waals surface area (Å²) in [6.45, 7) is 1.44. The van der Waals surface area contributed by atoms with Crippen LogP contribution in [-0.4, -0.2) is 11.5 Å². The standard InChI is InChI=1S/C16H15Br2N3/c17-10-14-4-5-15(18)9-16(14)21(8-2-6-19)12-13-3-1-7-20-11-13/h1,3-5,7,9,11H,2,8,10,12H2. The molecular formula is C16H15Br2N3. The first-order chi connectivity index (χ1) is 10.2. The van der Waals surface area contributed by atoms with E-state index < -0.39 is 0 Å². The molecule has 0 saturated carbocycles. The van der Waals surface area contributed by atoms with E-state index in [4.69, 9.17) is 5.26 Å². The Balaban J connectivity index is 2.31. The quantitative estimate of drug-likeness (QED) is 0.652. The van der Waals surface area contributed by atoms with E-state index in [1.54, 1.807) is 6.20 Å². The number of pyridine rings is 1. The number of aromatic nitrogens is 1. The van der Waals surface area contributed by atoms with Crippen molar-refractivity contribution in [1.29, 1.82) is 5.26 Å². The summed E-state index contributed by atoms with van der Waals surface area (Å²) in [4.78, 5) is 6.39. The molecule has 0 bridgehead atoms. The highest BCUT2D eigenvalue weighted by molar-refractivity contribution is 9.10. The lowest BCUT2D eigenvalue weighted by atomic mass is 10.1. The van der Waals surface area contributed by atoms with Gasteiger partial charge in [0.25, 0.3) is 0 Å². The van der Waals surface area contributed by atoms with Crippen LogP contribution in [0.5, 0.6) is 0 Å². The third-order valence-corrected chi connectivity index (χ3v) is 4.22. The fourth-order valence-corrected chi connectivity index (χ4v) is 2.95. The van der Waals surface area contributed by atoms with E-state index in [9.17, 15) is 0 Å². The average Bonchev–Trinajstić information content (AvgIpc) is 2.52. The Morgan fingerprint density at radius 3 is 2.81 bits per heavy atom. The molecule has 1 heterocycles.